The molecule has 2 amide bonds. The first-order chi connectivity index (χ1) is 11.0. The third-order valence-corrected chi connectivity index (χ3v) is 5.29. The normalized spacial score (nSPS) is 24.4. The first-order valence-corrected chi connectivity index (χ1v) is 9.26. The molecule has 2 fully saturated rings. The van der Waals surface area contributed by atoms with E-state index in [9.17, 15) is 9.59 Å². The molecule has 0 aromatic heterocycles. The van der Waals surface area contributed by atoms with Gasteiger partial charge in [-0.05, 0) is 44.2 Å². The van der Waals surface area contributed by atoms with E-state index in [1.165, 1.54) is 12.8 Å². The highest BCUT2D eigenvalue weighted by Gasteiger charge is 2.26. The molecule has 5 nitrogen and oxygen atoms in total. The Bertz CT molecular complexity index is 405. The zero-order valence-corrected chi connectivity index (χ0v) is 15.0. The SMILES string of the molecule is CC(C)C(=O)N1CCCN(C(=O)CC(C)C2CCCNC2)CC1. The summed E-state index contributed by atoms with van der Waals surface area (Å²) in [5.41, 5.74) is 0. The van der Waals surface area contributed by atoms with E-state index < -0.39 is 0 Å². The van der Waals surface area contributed by atoms with E-state index in [4.69, 9.17) is 0 Å². The topological polar surface area (TPSA) is 52.7 Å². The molecule has 2 atom stereocenters. The number of piperidine rings is 1. The van der Waals surface area contributed by atoms with Crippen molar-refractivity contribution in [3.63, 3.8) is 0 Å². The summed E-state index contributed by atoms with van der Waals surface area (Å²) in [7, 11) is 0. The van der Waals surface area contributed by atoms with E-state index in [1.54, 1.807) is 0 Å². The van der Waals surface area contributed by atoms with Crippen LogP contribution in [-0.4, -0.2) is 60.9 Å². The van der Waals surface area contributed by atoms with Gasteiger partial charge < -0.3 is 15.1 Å². The predicted octanol–water partition coefficient (Wildman–Crippen LogP) is 1.73. The molecule has 0 bridgehead atoms. The van der Waals surface area contributed by atoms with Gasteiger partial charge in [0.2, 0.25) is 11.8 Å². The lowest BCUT2D eigenvalue weighted by Gasteiger charge is -2.30. The van der Waals surface area contributed by atoms with E-state index in [0.717, 1.165) is 32.6 Å². The molecule has 0 saturated carbocycles. The molecule has 2 unspecified atom stereocenters. The van der Waals surface area contributed by atoms with Crippen LogP contribution in [0.1, 0.15) is 46.5 Å². The highest BCUT2D eigenvalue weighted by Crippen LogP contribution is 2.23. The molecule has 0 aromatic rings. The summed E-state index contributed by atoms with van der Waals surface area (Å²) >= 11 is 0. The number of hydrogen-bond acceptors (Lipinski definition) is 3. The van der Waals surface area contributed by atoms with Gasteiger partial charge in [0.15, 0.2) is 0 Å². The van der Waals surface area contributed by atoms with Crippen molar-refractivity contribution in [2.45, 2.75) is 46.5 Å². The highest BCUT2D eigenvalue weighted by molar-refractivity contribution is 5.79. The first kappa shape index (κ1) is 18.2. The summed E-state index contributed by atoms with van der Waals surface area (Å²) in [4.78, 5) is 28.6. The Kier molecular flexibility index (Phi) is 6.88. The van der Waals surface area contributed by atoms with E-state index in [0.29, 0.717) is 31.3 Å². The molecule has 23 heavy (non-hydrogen) atoms. The van der Waals surface area contributed by atoms with E-state index in [-0.39, 0.29) is 17.7 Å². The van der Waals surface area contributed by atoms with Crippen molar-refractivity contribution in [3.8, 4) is 0 Å². The third-order valence-electron chi connectivity index (χ3n) is 5.29. The fourth-order valence-corrected chi connectivity index (χ4v) is 3.69. The van der Waals surface area contributed by atoms with Crippen LogP contribution in [0, 0.1) is 17.8 Å². The Morgan fingerprint density at radius 2 is 1.74 bits per heavy atom. The second kappa shape index (κ2) is 8.67. The molecule has 2 aliphatic rings. The van der Waals surface area contributed by atoms with E-state index in [1.807, 2.05) is 23.6 Å². The van der Waals surface area contributed by atoms with Crippen LogP contribution in [0.2, 0.25) is 0 Å². The van der Waals surface area contributed by atoms with Gasteiger partial charge in [-0.15, -0.1) is 0 Å². The lowest BCUT2D eigenvalue weighted by Crippen LogP contribution is -2.40. The van der Waals surface area contributed by atoms with Crippen LogP contribution in [0.15, 0.2) is 0 Å². The lowest BCUT2D eigenvalue weighted by molar-refractivity contribution is -0.136. The molecule has 2 aliphatic heterocycles. The van der Waals surface area contributed by atoms with Crippen molar-refractivity contribution < 1.29 is 9.59 Å². The number of carbonyl (C=O) groups excluding carboxylic acids is 2. The molecule has 2 heterocycles. The summed E-state index contributed by atoms with van der Waals surface area (Å²) in [5, 5.41) is 3.44. The number of nitrogens with zero attached hydrogens (tertiary/aromatic N) is 2. The summed E-state index contributed by atoms with van der Waals surface area (Å²) < 4.78 is 0. The molecule has 0 aromatic carbocycles. The summed E-state index contributed by atoms with van der Waals surface area (Å²) in [6, 6.07) is 0. The standard InChI is InChI=1S/C18H33N3O2/c1-14(2)18(23)21-9-5-8-20(10-11-21)17(22)12-15(3)16-6-4-7-19-13-16/h14-16,19H,4-13H2,1-3H3. The van der Waals surface area contributed by atoms with Crippen LogP contribution in [-0.2, 0) is 9.59 Å². The molecule has 132 valence electrons. The maximum atomic E-state index is 12.6. The Morgan fingerprint density at radius 1 is 1.04 bits per heavy atom. The summed E-state index contributed by atoms with van der Waals surface area (Å²) in [6.07, 6.45) is 3.99. The fourth-order valence-electron chi connectivity index (χ4n) is 3.69. The number of nitrogens with one attached hydrogen (secondary N) is 1. The van der Waals surface area contributed by atoms with Gasteiger partial charge in [-0.1, -0.05) is 20.8 Å². The van der Waals surface area contributed by atoms with Crippen LogP contribution in [0.4, 0.5) is 0 Å². The number of hydrogen-bond donors (Lipinski definition) is 1. The lowest BCUT2D eigenvalue weighted by atomic mass is 9.85. The van der Waals surface area contributed by atoms with E-state index >= 15 is 0 Å². The van der Waals surface area contributed by atoms with Crippen LogP contribution < -0.4 is 5.32 Å². The Balaban J connectivity index is 1.81. The second-order valence-corrected chi connectivity index (χ2v) is 7.50. The second-order valence-electron chi connectivity index (χ2n) is 7.50. The minimum absolute atomic E-state index is 0.0380. The van der Waals surface area contributed by atoms with Gasteiger partial charge in [0, 0.05) is 38.5 Å². The zero-order chi connectivity index (χ0) is 16.8. The fraction of sp³-hybridized carbons (Fsp3) is 0.889. The molecule has 2 rings (SSSR count). The molecule has 1 N–H and O–H groups in total. The minimum Gasteiger partial charge on any atom is -0.341 e. The number of rotatable bonds is 4. The van der Waals surface area contributed by atoms with Crippen molar-refractivity contribution in [3.05, 3.63) is 0 Å². The van der Waals surface area contributed by atoms with Crippen molar-refractivity contribution >= 4 is 11.8 Å². The van der Waals surface area contributed by atoms with Crippen LogP contribution in [0.3, 0.4) is 0 Å². The van der Waals surface area contributed by atoms with Gasteiger partial charge in [0.05, 0.1) is 0 Å². The monoisotopic (exact) mass is 323 g/mol. The van der Waals surface area contributed by atoms with E-state index in [2.05, 4.69) is 12.2 Å². The average Bonchev–Trinajstić information content (AvgIpc) is 2.80. The zero-order valence-electron chi connectivity index (χ0n) is 15.0. The molecule has 5 heteroatoms. The average molecular weight is 323 g/mol. The van der Waals surface area contributed by atoms with Crippen molar-refractivity contribution in [2.75, 3.05) is 39.3 Å². The van der Waals surface area contributed by atoms with Crippen LogP contribution >= 0.6 is 0 Å². The van der Waals surface area contributed by atoms with Gasteiger partial charge in [-0.25, -0.2) is 0 Å². The van der Waals surface area contributed by atoms with Gasteiger partial charge in [0.25, 0.3) is 0 Å². The maximum Gasteiger partial charge on any atom is 0.225 e. The van der Waals surface area contributed by atoms with Crippen molar-refractivity contribution in [1.29, 1.82) is 0 Å². The summed E-state index contributed by atoms with van der Waals surface area (Å²) in [5.74, 6) is 1.57. The van der Waals surface area contributed by atoms with Gasteiger partial charge in [0.1, 0.15) is 0 Å². The van der Waals surface area contributed by atoms with Crippen molar-refractivity contribution in [1.82, 2.24) is 15.1 Å². The molecule has 0 spiro atoms. The minimum atomic E-state index is 0.0380. The molecular weight excluding hydrogens is 290 g/mol. The Labute approximate surface area is 140 Å². The largest absolute Gasteiger partial charge is 0.341 e. The quantitative estimate of drug-likeness (QED) is 0.857. The maximum absolute atomic E-state index is 12.6. The van der Waals surface area contributed by atoms with Crippen LogP contribution in [0.25, 0.3) is 0 Å². The third kappa shape index (κ3) is 5.20. The Hall–Kier alpha value is -1.10. The highest BCUT2D eigenvalue weighted by atomic mass is 16.2. The van der Waals surface area contributed by atoms with Gasteiger partial charge in [-0.3, -0.25) is 9.59 Å². The number of amides is 2. The number of carbonyl (C=O) groups is 2. The first-order valence-electron chi connectivity index (χ1n) is 9.26. The summed E-state index contributed by atoms with van der Waals surface area (Å²) in [6.45, 7) is 11.2. The van der Waals surface area contributed by atoms with Crippen LogP contribution in [0.5, 0.6) is 0 Å². The molecular formula is C18H33N3O2. The predicted molar refractivity (Wildman–Crippen MR) is 92.0 cm³/mol. The van der Waals surface area contributed by atoms with Crippen molar-refractivity contribution in [2.24, 2.45) is 17.8 Å². The van der Waals surface area contributed by atoms with Gasteiger partial charge in [-0.2, -0.15) is 0 Å². The Morgan fingerprint density at radius 3 is 2.39 bits per heavy atom. The molecule has 2 saturated heterocycles. The smallest absolute Gasteiger partial charge is 0.225 e. The van der Waals surface area contributed by atoms with Gasteiger partial charge >= 0.3 is 0 Å². The molecule has 0 radical (unpaired) electrons. The molecule has 0 aliphatic carbocycles.